The highest BCUT2D eigenvalue weighted by molar-refractivity contribution is 7.22. The highest BCUT2D eigenvalue weighted by atomic mass is 32.1. The summed E-state index contributed by atoms with van der Waals surface area (Å²) in [6.07, 6.45) is 0. The average molecular weight is 501 g/mol. The molecule has 1 amide bonds. The number of ketones is 1. The van der Waals surface area contributed by atoms with E-state index in [1.165, 1.54) is 0 Å². The normalized spacial score (nSPS) is 14.1. The molecule has 0 radical (unpaired) electrons. The fourth-order valence-corrected chi connectivity index (χ4v) is 5.37. The number of piperazine rings is 1. The van der Waals surface area contributed by atoms with Gasteiger partial charge in [0.1, 0.15) is 11.3 Å². The molecular weight excluding hydrogens is 472 g/mol. The minimum absolute atomic E-state index is 0.0494. The van der Waals surface area contributed by atoms with Crippen molar-refractivity contribution >= 4 is 38.4 Å². The topological polar surface area (TPSA) is 74.8 Å². The first-order chi connectivity index (χ1) is 17.6. The second kappa shape index (κ2) is 10.9. The first kappa shape index (κ1) is 24.0. The van der Waals surface area contributed by atoms with Crippen LogP contribution < -0.4 is 15.0 Å². The van der Waals surface area contributed by atoms with Gasteiger partial charge in [0.15, 0.2) is 10.9 Å². The molecule has 1 N–H and O–H groups in total. The van der Waals surface area contributed by atoms with Gasteiger partial charge in [-0.05, 0) is 24.3 Å². The summed E-state index contributed by atoms with van der Waals surface area (Å²) in [5.41, 5.74) is 2.68. The van der Waals surface area contributed by atoms with Crippen LogP contribution in [0.2, 0.25) is 0 Å². The smallest absolute Gasteiger partial charge is 0.251 e. The molecule has 8 heteroatoms. The van der Waals surface area contributed by atoms with Crippen LogP contribution in [0.15, 0.2) is 72.8 Å². The Kier molecular flexibility index (Phi) is 7.25. The molecule has 7 nitrogen and oxygen atoms in total. The molecule has 0 spiro atoms. The molecule has 2 heterocycles. The molecule has 5 rings (SSSR count). The summed E-state index contributed by atoms with van der Waals surface area (Å²) in [5.74, 6) is 0.629. The monoisotopic (exact) mass is 500 g/mol. The lowest BCUT2D eigenvalue weighted by molar-refractivity contribution is 0.0946. The number of hydrogen-bond donors (Lipinski definition) is 1. The molecule has 1 aliphatic heterocycles. The summed E-state index contributed by atoms with van der Waals surface area (Å²) in [4.78, 5) is 34.6. The van der Waals surface area contributed by atoms with Crippen molar-refractivity contribution < 1.29 is 14.3 Å². The number of thiazole rings is 1. The van der Waals surface area contributed by atoms with Crippen LogP contribution in [-0.2, 0) is 0 Å². The van der Waals surface area contributed by atoms with Gasteiger partial charge in [-0.15, -0.1) is 0 Å². The van der Waals surface area contributed by atoms with Gasteiger partial charge in [0, 0.05) is 56.0 Å². The number of carbonyl (C=O) groups excluding carboxylic acids is 2. The number of benzene rings is 3. The number of nitrogens with one attached hydrogen (secondary N) is 1. The van der Waals surface area contributed by atoms with Crippen molar-refractivity contribution in [3.63, 3.8) is 0 Å². The largest absolute Gasteiger partial charge is 0.494 e. The summed E-state index contributed by atoms with van der Waals surface area (Å²) in [6, 6.07) is 22.0. The SMILES string of the molecule is COc1cccc2sc(N3CCN(CCNC(=O)c4ccc(C(=O)c5ccccc5)cc4)CC3)nc12. The Morgan fingerprint density at radius 1 is 0.889 bits per heavy atom. The van der Waals surface area contributed by atoms with Gasteiger partial charge >= 0.3 is 0 Å². The lowest BCUT2D eigenvalue weighted by Crippen LogP contribution is -2.48. The maximum atomic E-state index is 12.6. The quantitative estimate of drug-likeness (QED) is 0.368. The molecule has 0 aliphatic carbocycles. The second-order valence-electron chi connectivity index (χ2n) is 8.66. The zero-order valence-corrected chi connectivity index (χ0v) is 21.0. The molecule has 1 aromatic heterocycles. The zero-order chi connectivity index (χ0) is 24.9. The second-order valence-corrected chi connectivity index (χ2v) is 9.67. The third-order valence-electron chi connectivity index (χ3n) is 6.39. The Balaban J connectivity index is 1.08. The van der Waals surface area contributed by atoms with E-state index in [2.05, 4.69) is 21.2 Å². The number of nitrogens with zero attached hydrogens (tertiary/aromatic N) is 3. The molecule has 1 saturated heterocycles. The predicted molar refractivity (Wildman–Crippen MR) is 143 cm³/mol. The van der Waals surface area contributed by atoms with E-state index in [0.29, 0.717) is 23.2 Å². The van der Waals surface area contributed by atoms with Crippen LogP contribution in [0.3, 0.4) is 0 Å². The summed E-state index contributed by atoms with van der Waals surface area (Å²) >= 11 is 1.69. The third kappa shape index (κ3) is 5.24. The van der Waals surface area contributed by atoms with Crippen molar-refractivity contribution in [1.29, 1.82) is 0 Å². The van der Waals surface area contributed by atoms with Crippen molar-refractivity contribution in [2.75, 3.05) is 51.3 Å². The lowest BCUT2D eigenvalue weighted by Gasteiger charge is -2.34. The molecule has 1 fully saturated rings. The van der Waals surface area contributed by atoms with Crippen molar-refractivity contribution in [2.45, 2.75) is 0 Å². The maximum Gasteiger partial charge on any atom is 0.251 e. The van der Waals surface area contributed by atoms with E-state index in [4.69, 9.17) is 9.72 Å². The van der Waals surface area contributed by atoms with Crippen molar-refractivity contribution in [3.8, 4) is 5.75 Å². The number of anilines is 1. The third-order valence-corrected chi connectivity index (χ3v) is 7.47. The number of hydrogen-bond acceptors (Lipinski definition) is 7. The Morgan fingerprint density at radius 3 is 2.31 bits per heavy atom. The first-order valence-corrected chi connectivity index (χ1v) is 12.8. The molecular formula is C28H28N4O3S. The van der Waals surface area contributed by atoms with Gasteiger partial charge in [0.2, 0.25) is 0 Å². The molecule has 0 bridgehead atoms. The first-order valence-electron chi connectivity index (χ1n) is 12.0. The van der Waals surface area contributed by atoms with Crippen molar-refractivity contribution in [2.24, 2.45) is 0 Å². The van der Waals surface area contributed by atoms with Crippen molar-refractivity contribution in [3.05, 3.63) is 89.5 Å². The minimum Gasteiger partial charge on any atom is -0.494 e. The van der Waals surface area contributed by atoms with E-state index in [1.807, 2.05) is 30.3 Å². The Bertz CT molecular complexity index is 1350. The summed E-state index contributed by atoms with van der Waals surface area (Å²) < 4.78 is 6.57. The summed E-state index contributed by atoms with van der Waals surface area (Å²) in [5, 5.41) is 4.02. The average Bonchev–Trinajstić information content (AvgIpc) is 3.38. The molecule has 3 aromatic carbocycles. The van der Waals surface area contributed by atoms with Gasteiger partial charge in [0.05, 0.1) is 11.8 Å². The standard InChI is InChI=1S/C28H28N4O3S/c1-35-23-8-5-9-24-25(23)30-28(36-24)32-18-16-31(17-19-32)15-14-29-27(34)22-12-10-21(11-13-22)26(33)20-6-3-2-4-7-20/h2-13H,14-19H2,1H3,(H,29,34). The fourth-order valence-electron chi connectivity index (χ4n) is 4.33. The lowest BCUT2D eigenvalue weighted by atomic mass is 10.0. The summed E-state index contributed by atoms with van der Waals surface area (Å²) in [6.45, 7) is 4.98. The predicted octanol–water partition coefficient (Wildman–Crippen LogP) is 4.09. The Morgan fingerprint density at radius 2 is 1.58 bits per heavy atom. The van der Waals surface area contributed by atoms with E-state index in [0.717, 1.165) is 53.8 Å². The molecule has 0 saturated carbocycles. The van der Waals surface area contributed by atoms with Crippen LogP contribution in [0.1, 0.15) is 26.3 Å². The number of amides is 1. The van der Waals surface area contributed by atoms with Crippen molar-refractivity contribution in [1.82, 2.24) is 15.2 Å². The van der Waals surface area contributed by atoms with E-state index >= 15 is 0 Å². The molecule has 184 valence electrons. The number of carbonyl (C=O) groups is 2. The van der Waals surface area contributed by atoms with Crippen LogP contribution >= 0.6 is 11.3 Å². The van der Waals surface area contributed by atoms with Crippen LogP contribution in [0.25, 0.3) is 10.2 Å². The van der Waals surface area contributed by atoms with Gasteiger partial charge in [0.25, 0.3) is 5.91 Å². The van der Waals surface area contributed by atoms with E-state index < -0.39 is 0 Å². The highest BCUT2D eigenvalue weighted by Crippen LogP contribution is 2.34. The Labute approximate surface area is 214 Å². The number of para-hydroxylation sites is 1. The zero-order valence-electron chi connectivity index (χ0n) is 20.1. The van der Waals surface area contributed by atoms with Crippen LogP contribution in [-0.4, -0.2) is 68.0 Å². The number of methoxy groups -OCH3 is 1. The number of fused-ring (bicyclic) bond motifs is 1. The van der Waals surface area contributed by atoms with Gasteiger partial charge in [-0.1, -0.05) is 59.9 Å². The van der Waals surface area contributed by atoms with Gasteiger partial charge < -0.3 is 15.0 Å². The van der Waals surface area contributed by atoms with E-state index in [-0.39, 0.29) is 11.7 Å². The van der Waals surface area contributed by atoms with Crippen LogP contribution in [0.5, 0.6) is 5.75 Å². The number of aromatic nitrogens is 1. The van der Waals surface area contributed by atoms with E-state index in [1.54, 1.807) is 54.8 Å². The maximum absolute atomic E-state index is 12.6. The minimum atomic E-state index is -0.129. The van der Waals surface area contributed by atoms with Gasteiger partial charge in [-0.3, -0.25) is 14.5 Å². The molecule has 1 aliphatic rings. The Hall–Kier alpha value is -3.75. The molecule has 0 atom stereocenters. The van der Waals surface area contributed by atoms with Crippen LogP contribution in [0.4, 0.5) is 5.13 Å². The fraction of sp³-hybridized carbons (Fsp3) is 0.250. The number of rotatable bonds is 8. The van der Waals surface area contributed by atoms with Gasteiger partial charge in [-0.2, -0.15) is 0 Å². The molecule has 36 heavy (non-hydrogen) atoms. The summed E-state index contributed by atoms with van der Waals surface area (Å²) in [7, 11) is 1.67. The van der Waals surface area contributed by atoms with Crippen LogP contribution in [0, 0.1) is 0 Å². The molecule has 4 aromatic rings. The highest BCUT2D eigenvalue weighted by Gasteiger charge is 2.20. The van der Waals surface area contributed by atoms with Gasteiger partial charge in [-0.25, -0.2) is 4.98 Å². The van der Waals surface area contributed by atoms with E-state index in [9.17, 15) is 9.59 Å². The number of ether oxygens (including phenoxy) is 1. The molecule has 0 unspecified atom stereocenters.